The second-order valence-electron chi connectivity index (χ2n) is 7.99. The van der Waals surface area contributed by atoms with Gasteiger partial charge < -0.3 is 0 Å². The number of allylic oxidation sites excluding steroid dienone is 2. The Balaban J connectivity index is 1.85. The summed E-state index contributed by atoms with van der Waals surface area (Å²) in [4.78, 5) is 12.9. The second kappa shape index (κ2) is 5.86. The fraction of sp³-hybridized carbons (Fsp3) is 0.261. The fourth-order valence-corrected chi connectivity index (χ4v) is 4.58. The molecule has 0 radical (unpaired) electrons. The molecule has 1 nitrogen and oxygen atoms in total. The molecule has 2 aliphatic rings. The van der Waals surface area contributed by atoms with E-state index in [1.165, 1.54) is 11.1 Å². The highest BCUT2D eigenvalue weighted by Crippen LogP contribution is 2.53. The minimum absolute atomic E-state index is 0.202. The van der Waals surface area contributed by atoms with Crippen LogP contribution in [0.5, 0.6) is 0 Å². The lowest BCUT2D eigenvalue weighted by Gasteiger charge is -2.21. The molecule has 0 bridgehead atoms. The monoisotopic (exact) mass is 342 g/mol. The molecule has 0 aliphatic heterocycles. The summed E-state index contributed by atoms with van der Waals surface area (Å²) < 4.78 is 0. The summed E-state index contributed by atoms with van der Waals surface area (Å²) in [6.07, 6.45) is 0.778. The van der Waals surface area contributed by atoms with Gasteiger partial charge >= 0.3 is 0 Å². The van der Waals surface area contributed by atoms with Gasteiger partial charge in [0.25, 0.3) is 0 Å². The molecule has 2 aliphatic carbocycles. The normalized spacial score (nSPS) is 21.6. The van der Waals surface area contributed by atoms with E-state index in [1.807, 2.05) is 24.3 Å². The summed E-state index contributed by atoms with van der Waals surface area (Å²) >= 11 is 0. The first-order valence-electron chi connectivity index (χ1n) is 8.90. The predicted molar refractivity (Wildman–Crippen MR) is 106 cm³/mol. The molecule has 124 valence electrons. The molecule has 2 heteroatoms. The molecule has 0 aromatic heterocycles. The summed E-state index contributed by atoms with van der Waals surface area (Å²) in [5.74, 6) is 4.19. The standard InChI is InChI=1S/C23H22OSi/c1-25(2,3)14-13-17-15-20-22(21(17)16-9-5-4-6-10-16)18-11-7-8-12-19(18)23(20)24/h4-12,17,21H,15H2,1-3H3/t17-,21+/m0/s1. The Labute approximate surface area is 150 Å². The van der Waals surface area contributed by atoms with Gasteiger partial charge in [-0.1, -0.05) is 74.2 Å². The quantitative estimate of drug-likeness (QED) is 0.506. The van der Waals surface area contributed by atoms with Gasteiger partial charge in [-0.2, -0.15) is 0 Å². The number of fused-ring (bicyclic) bond motifs is 2. The first-order valence-corrected chi connectivity index (χ1v) is 12.4. The highest BCUT2D eigenvalue weighted by molar-refractivity contribution is 6.83. The molecular formula is C23H22OSi. The van der Waals surface area contributed by atoms with Gasteiger partial charge in [0.15, 0.2) is 5.78 Å². The van der Waals surface area contributed by atoms with Crippen molar-refractivity contribution in [1.82, 2.24) is 0 Å². The van der Waals surface area contributed by atoms with Crippen molar-refractivity contribution in [2.75, 3.05) is 0 Å². The Morgan fingerprint density at radius 3 is 2.24 bits per heavy atom. The third-order valence-corrected chi connectivity index (χ3v) is 5.88. The summed E-state index contributed by atoms with van der Waals surface area (Å²) in [6.45, 7) is 6.82. The fourth-order valence-electron chi connectivity index (χ4n) is 3.96. The molecule has 0 amide bonds. The van der Waals surface area contributed by atoms with Crippen LogP contribution in [0.25, 0.3) is 5.57 Å². The maximum absolute atomic E-state index is 12.9. The molecule has 0 heterocycles. The first-order chi connectivity index (χ1) is 12.0. The van der Waals surface area contributed by atoms with E-state index in [4.69, 9.17) is 0 Å². The van der Waals surface area contributed by atoms with Crippen molar-refractivity contribution in [3.63, 3.8) is 0 Å². The Bertz CT molecular complexity index is 935. The lowest BCUT2D eigenvalue weighted by Crippen LogP contribution is -2.18. The molecule has 0 spiro atoms. The lowest BCUT2D eigenvalue weighted by molar-refractivity contribution is 0.103. The van der Waals surface area contributed by atoms with Crippen molar-refractivity contribution >= 4 is 19.4 Å². The predicted octanol–water partition coefficient (Wildman–Crippen LogP) is 5.32. The van der Waals surface area contributed by atoms with Gasteiger partial charge in [0, 0.05) is 23.0 Å². The molecule has 0 N–H and O–H groups in total. The van der Waals surface area contributed by atoms with Crippen LogP contribution in [0.3, 0.4) is 0 Å². The second-order valence-corrected chi connectivity index (χ2v) is 12.7. The summed E-state index contributed by atoms with van der Waals surface area (Å²) in [7, 11) is -1.44. The van der Waals surface area contributed by atoms with Crippen LogP contribution in [0.4, 0.5) is 0 Å². The topological polar surface area (TPSA) is 17.1 Å². The number of carbonyl (C=O) groups is 1. The van der Waals surface area contributed by atoms with E-state index in [1.54, 1.807) is 0 Å². The summed E-state index contributed by atoms with van der Waals surface area (Å²) in [6, 6.07) is 18.6. The zero-order valence-electron chi connectivity index (χ0n) is 15.0. The number of rotatable bonds is 1. The molecular weight excluding hydrogens is 320 g/mol. The number of ketones is 1. The summed E-state index contributed by atoms with van der Waals surface area (Å²) in [5.41, 5.74) is 9.01. The number of hydrogen-bond donors (Lipinski definition) is 0. The van der Waals surface area contributed by atoms with Gasteiger partial charge in [-0.25, -0.2) is 0 Å². The third kappa shape index (κ3) is 2.79. The highest BCUT2D eigenvalue weighted by atomic mass is 28.3. The number of benzene rings is 2. The van der Waals surface area contributed by atoms with E-state index < -0.39 is 8.07 Å². The van der Waals surface area contributed by atoms with Crippen LogP contribution < -0.4 is 0 Å². The average molecular weight is 343 g/mol. The smallest absolute Gasteiger partial charge is 0.189 e. The van der Waals surface area contributed by atoms with Gasteiger partial charge in [-0.05, 0) is 23.1 Å². The van der Waals surface area contributed by atoms with E-state index in [0.717, 1.165) is 23.1 Å². The van der Waals surface area contributed by atoms with E-state index >= 15 is 0 Å². The summed E-state index contributed by atoms with van der Waals surface area (Å²) in [5, 5.41) is 0. The molecule has 0 saturated carbocycles. The van der Waals surface area contributed by atoms with Crippen LogP contribution in [0.1, 0.15) is 33.8 Å². The zero-order valence-corrected chi connectivity index (χ0v) is 16.0. The minimum atomic E-state index is -1.44. The lowest BCUT2D eigenvalue weighted by atomic mass is 9.82. The van der Waals surface area contributed by atoms with Crippen LogP contribution >= 0.6 is 0 Å². The molecule has 0 saturated heterocycles. The average Bonchev–Trinajstić information content (AvgIpc) is 3.10. The maximum Gasteiger partial charge on any atom is 0.189 e. The molecule has 2 aromatic rings. The van der Waals surface area contributed by atoms with E-state index in [2.05, 4.69) is 61.4 Å². The molecule has 4 rings (SSSR count). The Kier molecular flexibility index (Phi) is 3.78. The maximum atomic E-state index is 12.9. The Morgan fingerprint density at radius 2 is 1.56 bits per heavy atom. The van der Waals surface area contributed by atoms with Gasteiger partial charge in [-0.15, -0.1) is 11.5 Å². The van der Waals surface area contributed by atoms with Gasteiger partial charge in [0.2, 0.25) is 0 Å². The molecule has 2 aromatic carbocycles. The zero-order chi connectivity index (χ0) is 17.6. The van der Waals surface area contributed by atoms with Crippen molar-refractivity contribution in [3.8, 4) is 11.5 Å². The first kappa shape index (κ1) is 16.1. The van der Waals surface area contributed by atoms with Gasteiger partial charge in [0.1, 0.15) is 8.07 Å². The van der Waals surface area contributed by atoms with Crippen molar-refractivity contribution in [2.24, 2.45) is 5.92 Å². The van der Waals surface area contributed by atoms with Crippen LogP contribution in [-0.4, -0.2) is 13.9 Å². The Morgan fingerprint density at radius 1 is 0.920 bits per heavy atom. The van der Waals surface area contributed by atoms with Crippen LogP contribution in [0.15, 0.2) is 60.2 Å². The van der Waals surface area contributed by atoms with Crippen molar-refractivity contribution in [2.45, 2.75) is 32.0 Å². The minimum Gasteiger partial charge on any atom is -0.289 e. The molecule has 0 unspecified atom stereocenters. The molecule has 0 fully saturated rings. The Hall–Kier alpha value is -2.37. The largest absolute Gasteiger partial charge is 0.289 e. The molecule has 2 atom stereocenters. The van der Waals surface area contributed by atoms with Gasteiger partial charge in [0.05, 0.1) is 0 Å². The highest BCUT2D eigenvalue weighted by Gasteiger charge is 2.43. The van der Waals surface area contributed by atoms with Crippen LogP contribution in [-0.2, 0) is 0 Å². The van der Waals surface area contributed by atoms with Crippen LogP contribution in [0.2, 0.25) is 19.6 Å². The SMILES string of the molecule is C[Si](C)(C)C#C[C@H]1CC2=C(c3ccccc3C2=O)[C@@H]1c1ccccc1. The number of carbonyl (C=O) groups excluding carboxylic acids is 1. The van der Waals surface area contributed by atoms with Crippen molar-refractivity contribution in [1.29, 1.82) is 0 Å². The van der Waals surface area contributed by atoms with E-state index in [0.29, 0.717) is 0 Å². The number of Topliss-reactive ketones (excluding diaryl/α,β-unsaturated/α-hetero) is 1. The number of hydrogen-bond acceptors (Lipinski definition) is 1. The van der Waals surface area contributed by atoms with Crippen LogP contribution in [0, 0.1) is 17.4 Å². The third-order valence-electron chi connectivity index (χ3n) is 4.99. The van der Waals surface area contributed by atoms with E-state index in [-0.39, 0.29) is 17.6 Å². The van der Waals surface area contributed by atoms with E-state index in [9.17, 15) is 4.79 Å². The molecule has 25 heavy (non-hydrogen) atoms. The van der Waals surface area contributed by atoms with Crippen molar-refractivity contribution < 1.29 is 4.79 Å². The van der Waals surface area contributed by atoms with Gasteiger partial charge in [-0.3, -0.25) is 4.79 Å². The van der Waals surface area contributed by atoms with Crippen molar-refractivity contribution in [3.05, 3.63) is 76.9 Å².